The Morgan fingerprint density at radius 3 is 3.05 bits per heavy atom. The molecule has 0 saturated heterocycles. The van der Waals surface area contributed by atoms with E-state index in [-0.39, 0.29) is 11.6 Å². The second-order valence-corrected chi connectivity index (χ2v) is 5.83. The fourth-order valence-corrected chi connectivity index (χ4v) is 3.23. The van der Waals surface area contributed by atoms with Crippen molar-refractivity contribution in [1.82, 2.24) is 14.5 Å². The highest BCUT2D eigenvalue weighted by Crippen LogP contribution is 2.20. The molecule has 3 aromatic heterocycles. The summed E-state index contributed by atoms with van der Waals surface area (Å²) in [6, 6.07) is 3.99. The van der Waals surface area contributed by atoms with Gasteiger partial charge in [-0.15, -0.1) is 11.3 Å². The summed E-state index contributed by atoms with van der Waals surface area (Å²) in [4.78, 5) is 21.9. The predicted octanol–water partition coefficient (Wildman–Crippen LogP) is 2.97. The van der Waals surface area contributed by atoms with Crippen LogP contribution in [0, 0.1) is 6.92 Å². The molecule has 0 radical (unpaired) electrons. The quantitative estimate of drug-likeness (QED) is 0.743. The van der Waals surface area contributed by atoms with Gasteiger partial charge < -0.3 is 0 Å². The zero-order chi connectivity index (χ0) is 14.1. The number of aromatic nitrogens is 3. The summed E-state index contributed by atoms with van der Waals surface area (Å²) in [7, 11) is 0. The van der Waals surface area contributed by atoms with Crippen molar-refractivity contribution in [1.29, 1.82) is 0 Å². The van der Waals surface area contributed by atoms with E-state index < -0.39 is 0 Å². The molecule has 1 atom stereocenters. The van der Waals surface area contributed by atoms with Gasteiger partial charge in [-0.2, -0.15) is 0 Å². The minimum atomic E-state index is 0.0464. The Balaban J connectivity index is 1.99. The SMILES string of the molecule is Cc1csc2ncn(C(C)Cc3cccnc3)c(=O)c12. The van der Waals surface area contributed by atoms with Crippen LogP contribution in [0.5, 0.6) is 0 Å². The summed E-state index contributed by atoms with van der Waals surface area (Å²) in [6.45, 7) is 3.99. The van der Waals surface area contributed by atoms with E-state index >= 15 is 0 Å². The first-order chi connectivity index (χ1) is 9.66. The van der Waals surface area contributed by atoms with Crippen LogP contribution < -0.4 is 5.56 Å². The number of hydrogen-bond acceptors (Lipinski definition) is 4. The second-order valence-electron chi connectivity index (χ2n) is 4.97. The Bertz CT molecular complexity index is 792. The zero-order valence-electron chi connectivity index (χ0n) is 11.4. The predicted molar refractivity (Wildman–Crippen MR) is 81.3 cm³/mol. The summed E-state index contributed by atoms with van der Waals surface area (Å²) in [5, 5.41) is 2.73. The van der Waals surface area contributed by atoms with E-state index in [9.17, 15) is 4.79 Å². The molecule has 0 N–H and O–H groups in total. The van der Waals surface area contributed by atoms with E-state index in [1.165, 1.54) is 11.3 Å². The summed E-state index contributed by atoms with van der Waals surface area (Å²) in [5.41, 5.74) is 2.17. The highest BCUT2D eigenvalue weighted by Gasteiger charge is 2.13. The smallest absolute Gasteiger partial charge is 0.262 e. The van der Waals surface area contributed by atoms with E-state index in [0.29, 0.717) is 0 Å². The molecule has 4 nitrogen and oxygen atoms in total. The Morgan fingerprint density at radius 1 is 1.45 bits per heavy atom. The first kappa shape index (κ1) is 13.0. The lowest BCUT2D eigenvalue weighted by Gasteiger charge is -2.14. The van der Waals surface area contributed by atoms with E-state index in [1.807, 2.05) is 37.6 Å². The average Bonchev–Trinajstić information content (AvgIpc) is 2.82. The molecular formula is C15H15N3OS. The van der Waals surface area contributed by atoms with Crippen molar-refractivity contribution in [2.75, 3.05) is 0 Å². The zero-order valence-corrected chi connectivity index (χ0v) is 12.2. The molecule has 20 heavy (non-hydrogen) atoms. The van der Waals surface area contributed by atoms with Crippen LogP contribution in [0.4, 0.5) is 0 Å². The summed E-state index contributed by atoms with van der Waals surface area (Å²) in [6.07, 6.45) is 6.01. The standard InChI is InChI=1S/C15H15N3OS/c1-10-8-20-14-13(10)15(19)18(9-17-14)11(2)6-12-4-3-5-16-7-12/h3-5,7-9,11H,6H2,1-2H3. The highest BCUT2D eigenvalue weighted by molar-refractivity contribution is 7.16. The number of hydrogen-bond donors (Lipinski definition) is 0. The van der Waals surface area contributed by atoms with Gasteiger partial charge in [-0.05, 0) is 42.8 Å². The van der Waals surface area contributed by atoms with Crippen molar-refractivity contribution >= 4 is 21.6 Å². The number of fused-ring (bicyclic) bond motifs is 1. The molecule has 0 amide bonds. The van der Waals surface area contributed by atoms with Crippen molar-refractivity contribution in [2.45, 2.75) is 26.3 Å². The van der Waals surface area contributed by atoms with Gasteiger partial charge in [0.25, 0.3) is 5.56 Å². The third kappa shape index (κ3) is 2.25. The first-order valence-electron chi connectivity index (χ1n) is 6.50. The minimum absolute atomic E-state index is 0.0464. The number of pyridine rings is 1. The van der Waals surface area contributed by atoms with Gasteiger partial charge in [0.2, 0.25) is 0 Å². The Morgan fingerprint density at radius 2 is 2.30 bits per heavy atom. The minimum Gasteiger partial charge on any atom is -0.295 e. The van der Waals surface area contributed by atoms with Crippen LogP contribution in [0.2, 0.25) is 0 Å². The third-order valence-electron chi connectivity index (χ3n) is 3.43. The molecule has 0 aliphatic rings. The number of nitrogens with zero attached hydrogens (tertiary/aromatic N) is 3. The molecule has 0 aromatic carbocycles. The van der Waals surface area contributed by atoms with Gasteiger partial charge in [0.05, 0.1) is 11.7 Å². The van der Waals surface area contributed by atoms with Crippen molar-refractivity contribution < 1.29 is 0 Å². The van der Waals surface area contributed by atoms with Crippen LogP contribution in [0.3, 0.4) is 0 Å². The van der Waals surface area contributed by atoms with Crippen LogP contribution in [-0.2, 0) is 6.42 Å². The maximum atomic E-state index is 12.6. The highest BCUT2D eigenvalue weighted by atomic mass is 32.1. The van der Waals surface area contributed by atoms with Crippen molar-refractivity contribution in [3.8, 4) is 0 Å². The van der Waals surface area contributed by atoms with Gasteiger partial charge in [0.1, 0.15) is 4.83 Å². The molecule has 5 heteroatoms. The average molecular weight is 285 g/mol. The monoisotopic (exact) mass is 285 g/mol. The van der Waals surface area contributed by atoms with Crippen LogP contribution in [0.25, 0.3) is 10.2 Å². The topological polar surface area (TPSA) is 47.8 Å². The normalized spacial score (nSPS) is 12.7. The molecule has 102 valence electrons. The molecular weight excluding hydrogens is 270 g/mol. The molecule has 0 saturated carbocycles. The Kier molecular flexibility index (Phi) is 3.36. The van der Waals surface area contributed by atoms with Gasteiger partial charge in [-0.3, -0.25) is 14.3 Å². The van der Waals surface area contributed by atoms with E-state index in [1.54, 1.807) is 17.1 Å². The van der Waals surface area contributed by atoms with Crippen molar-refractivity contribution in [2.24, 2.45) is 0 Å². The number of rotatable bonds is 3. The Labute approximate surface area is 120 Å². The van der Waals surface area contributed by atoms with Gasteiger partial charge >= 0.3 is 0 Å². The Hall–Kier alpha value is -2.01. The third-order valence-corrected chi connectivity index (χ3v) is 4.44. The lowest BCUT2D eigenvalue weighted by Crippen LogP contribution is -2.24. The molecule has 0 spiro atoms. The second kappa shape index (κ2) is 5.17. The van der Waals surface area contributed by atoms with Crippen LogP contribution in [-0.4, -0.2) is 14.5 Å². The molecule has 3 aromatic rings. The van der Waals surface area contributed by atoms with Crippen LogP contribution in [0.15, 0.2) is 41.0 Å². The molecule has 3 heterocycles. The fraction of sp³-hybridized carbons (Fsp3) is 0.267. The number of aryl methyl sites for hydroxylation is 1. The maximum Gasteiger partial charge on any atom is 0.262 e. The molecule has 0 fully saturated rings. The van der Waals surface area contributed by atoms with E-state index in [0.717, 1.165) is 27.8 Å². The summed E-state index contributed by atoms with van der Waals surface area (Å²) >= 11 is 1.52. The van der Waals surface area contributed by atoms with E-state index in [2.05, 4.69) is 9.97 Å². The largest absolute Gasteiger partial charge is 0.295 e. The van der Waals surface area contributed by atoms with Crippen molar-refractivity contribution in [3.63, 3.8) is 0 Å². The van der Waals surface area contributed by atoms with Gasteiger partial charge in [0.15, 0.2) is 0 Å². The van der Waals surface area contributed by atoms with Gasteiger partial charge in [-0.25, -0.2) is 4.98 Å². The fourth-order valence-electron chi connectivity index (χ4n) is 2.35. The van der Waals surface area contributed by atoms with Gasteiger partial charge in [0, 0.05) is 18.4 Å². The summed E-state index contributed by atoms with van der Waals surface area (Å²) < 4.78 is 1.72. The maximum absolute atomic E-state index is 12.6. The molecule has 1 unspecified atom stereocenters. The van der Waals surface area contributed by atoms with Crippen LogP contribution in [0.1, 0.15) is 24.1 Å². The first-order valence-corrected chi connectivity index (χ1v) is 7.38. The van der Waals surface area contributed by atoms with Crippen LogP contribution >= 0.6 is 11.3 Å². The van der Waals surface area contributed by atoms with Crippen molar-refractivity contribution in [3.05, 3.63) is 57.7 Å². The molecule has 0 aliphatic carbocycles. The number of thiophene rings is 1. The molecule has 0 aliphatic heterocycles. The lowest BCUT2D eigenvalue weighted by atomic mass is 10.1. The molecule has 0 bridgehead atoms. The molecule has 3 rings (SSSR count). The van der Waals surface area contributed by atoms with E-state index in [4.69, 9.17) is 0 Å². The van der Waals surface area contributed by atoms with Gasteiger partial charge in [-0.1, -0.05) is 6.07 Å². The summed E-state index contributed by atoms with van der Waals surface area (Å²) in [5.74, 6) is 0. The lowest BCUT2D eigenvalue weighted by molar-refractivity contribution is 0.523.